The van der Waals surface area contributed by atoms with Crippen LogP contribution in [-0.4, -0.2) is 11.9 Å². The summed E-state index contributed by atoms with van der Waals surface area (Å²) in [6, 6.07) is 0.433. The van der Waals surface area contributed by atoms with Gasteiger partial charge in [-0.3, -0.25) is 4.79 Å². The standard InChI is InChI=1S/C12H23NO/c1-3-11(13-12(14)4-2)10-8-6-5-7-9-10/h10-11H,3-9H2,1-2H3,(H,13,14). The Kier molecular flexibility index (Phi) is 4.99. The first-order valence-corrected chi connectivity index (χ1v) is 6.07. The number of rotatable bonds is 4. The molecule has 14 heavy (non-hydrogen) atoms. The monoisotopic (exact) mass is 197 g/mol. The molecule has 1 unspecified atom stereocenters. The third-order valence-corrected chi connectivity index (χ3v) is 3.33. The summed E-state index contributed by atoms with van der Waals surface area (Å²) < 4.78 is 0. The van der Waals surface area contributed by atoms with Gasteiger partial charge in [0.25, 0.3) is 0 Å². The molecule has 0 bridgehead atoms. The van der Waals surface area contributed by atoms with Gasteiger partial charge in [0.1, 0.15) is 0 Å². The topological polar surface area (TPSA) is 29.1 Å². The molecule has 1 fully saturated rings. The number of hydrogen-bond donors (Lipinski definition) is 1. The average Bonchev–Trinajstić information content (AvgIpc) is 2.26. The van der Waals surface area contributed by atoms with E-state index in [1.165, 1.54) is 32.1 Å². The number of hydrogen-bond acceptors (Lipinski definition) is 1. The lowest BCUT2D eigenvalue weighted by Crippen LogP contribution is -2.40. The predicted molar refractivity (Wildman–Crippen MR) is 59.1 cm³/mol. The fraction of sp³-hybridized carbons (Fsp3) is 0.917. The Hall–Kier alpha value is -0.530. The summed E-state index contributed by atoms with van der Waals surface area (Å²) in [5.74, 6) is 0.951. The number of nitrogens with one attached hydrogen (secondary N) is 1. The van der Waals surface area contributed by atoms with Crippen LogP contribution in [0.5, 0.6) is 0 Å². The molecular weight excluding hydrogens is 174 g/mol. The minimum atomic E-state index is 0.211. The van der Waals surface area contributed by atoms with Crippen molar-refractivity contribution in [3.8, 4) is 0 Å². The van der Waals surface area contributed by atoms with Crippen LogP contribution in [0, 0.1) is 5.92 Å². The summed E-state index contributed by atoms with van der Waals surface area (Å²) in [7, 11) is 0. The van der Waals surface area contributed by atoms with E-state index < -0.39 is 0 Å². The van der Waals surface area contributed by atoms with Crippen LogP contribution in [0.15, 0.2) is 0 Å². The molecule has 82 valence electrons. The molecule has 1 atom stereocenters. The SMILES string of the molecule is CCC(=O)NC(CC)C1CCCCC1. The third-order valence-electron chi connectivity index (χ3n) is 3.33. The second kappa shape index (κ2) is 6.05. The number of carbonyl (C=O) groups excluding carboxylic acids is 1. The summed E-state index contributed by atoms with van der Waals surface area (Å²) in [4.78, 5) is 11.3. The molecule has 0 aromatic carbocycles. The number of carbonyl (C=O) groups is 1. The maximum atomic E-state index is 11.3. The molecule has 0 aliphatic heterocycles. The highest BCUT2D eigenvalue weighted by molar-refractivity contribution is 5.75. The van der Waals surface area contributed by atoms with Crippen LogP contribution in [0.3, 0.4) is 0 Å². The lowest BCUT2D eigenvalue weighted by Gasteiger charge is -2.30. The zero-order chi connectivity index (χ0) is 10.4. The lowest BCUT2D eigenvalue weighted by molar-refractivity contribution is -0.122. The highest BCUT2D eigenvalue weighted by Crippen LogP contribution is 2.27. The summed E-state index contributed by atoms with van der Waals surface area (Å²) in [5.41, 5.74) is 0. The lowest BCUT2D eigenvalue weighted by atomic mass is 9.83. The van der Waals surface area contributed by atoms with Crippen molar-refractivity contribution in [2.45, 2.75) is 64.8 Å². The van der Waals surface area contributed by atoms with E-state index in [4.69, 9.17) is 0 Å². The van der Waals surface area contributed by atoms with Crippen molar-refractivity contribution in [2.75, 3.05) is 0 Å². The van der Waals surface area contributed by atoms with Crippen molar-refractivity contribution in [1.29, 1.82) is 0 Å². The maximum Gasteiger partial charge on any atom is 0.219 e. The average molecular weight is 197 g/mol. The Morgan fingerprint density at radius 1 is 1.29 bits per heavy atom. The minimum Gasteiger partial charge on any atom is -0.353 e. The van der Waals surface area contributed by atoms with Crippen molar-refractivity contribution < 1.29 is 4.79 Å². The van der Waals surface area contributed by atoms with Gasteiger partial charge in [0.2, 0.25) is 5.91 Å². The summed E-state index contributed by atoms with van der Waals surface area (Å²) in [6.07, 6.45) is 8.39. The van der Waals surface area contributed by atoms with E-state index in [1.54, 1.807) is 0 Å². The van der Waals surface area contributed by atoms with Gasteiger partial charge in [-0.25, -0.2) is 0 Å². The van der Waals surface area contributed by atoms with E-state index in [0.717, 1.165) is 12.3 Å². The molecule has 1 rings (SSSR count). The van der Waals surface area contributed by atoms with Crippen molar-refractivity contribution >= 4 is 5.91 Å². The smallest absolute Gasteiger partial charge is 0.219 e. The van der Waals surface area contributed by atoms with Crippen LogP contribution < -0.4 is 5.32 Å². The van der Waals surface area contributed by atoms with E-state index in [2.05, 4.69) is 12.2 Å². The Bertz CT molecular complexity index is 173. The second-order valence-corrected chi connectivity index (χ2v) is 4.33. The normalized spacial score (nSPS) is 20.4. The van der Waals surface area contributed by atoms with Crippen LogP contribution in [0.2, 0.25) is 0 Å². The van der Waals surface area contributed by atoms with Crippen LogP contribution in [0.25, 0.3) is 0 Å². The molecule has 0 spiro atoms. The van der Waals surface area contributed by atoms with Gasteiger partial charge < -0.3 is 5.32 Å². The molecule has 1 saturated carbocycles. The molecule has 2 heteroatoms. The Morgan fingerprint density at radius 3 is 2.43 bits per heavy atom. The number of amides is 1. The van der Waals surface area contributed by atoms with Gasteiger partial charge in [-0.2, -0.15) is 0 Å². The fourth-order valence-corrected chi connectivity index (χ4v) is 2.40. The first kappa shape index (κ1) is 11.5. The van der Waals surface area contributed by atoms with Crippen LogP contribution in [-0.2, 0) is 4.79 Å². The molecule has 0 radical (unpaired) electrons. The molecule has 1 aliphatic rings. The van der Waals surface area contributed by atoms with Gasteiger partial charge >= 0.3 is 0 Å². The van der Waals surface area contributed by atoms with Gasteiger partial charge in [-0.05, 0) is 25.2 Å². The zero-order valence-corrected chi connectivity index (χ0v) is 9.51. The van der Waals surface area contributed by atoms with E-state index in [-0.39, 0.29) is 5.91 Å². The molecule has 1 N–H and O–H groups in total. The van der Waals surface area contributed by atoms with Crippen molar-refractivity contribution in [1.82, 2.24) is 5.32 Å². The van der Waals surface area contributed by atoms with Crippen molar-refractivity contribution in [3.63, 3.8) is 0 Å². The minimum absolute atomic E-state index is 0.211. The second-order valence-electron chi connectivity index (χ2n) is 4.33. The molecule has 0 aromatic heterocycles. The van der Waals surface area contributed by atoms with E-state index in [1.807, 2.05) is 6.92 Å². The van der Waals surface area contributed by atoms with Crippen molar-refractivity contribution in [3.05, 3.63) is 0 Å². The fourth-order valence-electron chi connectivity index (χ4n) is 2.40. The largest absolute Gasteiger partial charge is 0.353 e. The van der Waals surface area contributed by atoms with Gasteiger partial charge in [0.05, 0.1) is 0 Å². The highest BCUT2D eigenvalue weighted by Gasteiger charge is 2.22. The van der Waals surface area contributed by atoms with Gasteiger partial charge in [-0.1, -0.05) is 33.1 Å². The van der Waals surface area contributed by atoms with E-state index in [9.17, 15) is 4.79 Å². The Morgan fingerprint density at radius 2 is 1.93 bits per heavy atom. The first-order chi connectivity index (χ1) is 6.77. The van der Waals surface area contributed by atoms with Gasteiger partial charge in [-0.15, -0.1) is 0 Å². The van der Waals surface area contributed by atoms with Gasteiger partial charge in [0.15, 0.2) is 0 Å². The predicted octanol–water partition coefficient (Wildman–Crippen LogP) is 2.87. The van der Waals surface area contributed by atoms with Crippen LogP contribution in [0.4, 0.5) is 0 Å². The molecule has 0 heterocycles. The molecule has 0 aromatic rings. The Balaban J connectivity index is 2.39. The maximum absolute atomic E-state index is 11.3. The van der Waals surface area contributed by atoms with E-state index in [0.29, 0.717) is 12.5 Å². The Labute approximate surface area is 87.5 Å². The molecule has 0 saturated heterocycles. The van der Waals surface area contributed by atoms with Gasteiger partial charge in [0, 0.05) is 12.5 Å². The quantitative estimate of drug-likeness (QED) is 0.737. The summed E-state index contributed by atoms with van der Waals surface area (Å²) >= 11 is 0. The molecule has 1 aliphatic carbocycles. The first-order valence-electron chi connectivity index (χ1n) is 6.07. The molecular formula is C12H23NO. The molecule has 2 nitrogen and oxygen atoms in total. The highest BCUT2D eigenvalue weighted by atomic mass is 16.1. The van der Waals surface area contributed by atoms with Crippen LogP contribution >= 0.6 is 0 Å². The van der Waals surface area contributed by atoms with E-state index >= 15 is 0 Å². The van der Waals surface area contributed by atoms with Crippen LogP contribution in [0.1, 0.15) is 58.8 Å². The third kappa shape index (κ3) is 3.32. The zero-order valence-electron chi connectivity index (χ0n) is 9.51. The summed E-state index contributed by atoms with van der Waals surface area (Å²) in [5, 5.41) is 3.15. The van der Waals surface area contributed by atoms with Crippen molar-refractivity contribution in [2.24, 2.45) is 5.92 Å². The molecule has 1 amide bonds. The summed E-state index contributed by atoms with van der Waals surface area (Å²) in [6.45, 7) is 4.10.